The number of amides is 1. The van der Waals surface area contributed by atoms with Gasteiger partial charge in [-0.05, 0) is 37.2 Å². The molecule has 1 rings (SSSR count). The summed E-state index contributed by atoms with van der Waals surface area (Å²) in [7, 11) is 0. The SMILES string of the molecule is CCCCCCCOc1ccc(NC(=O)CNCC)cc1. The van der Waals surface area contributed by atoms with E-state index in [0.29, 0.717) is 6.54 Å². The maximum Gasteiger partial charge on any atom is 0.238 e. The van der Waals surface area contributed by atoms with Gasteiger partial charge in [-0.15, -0.1) is 0 Å². The fraction of sp³-hybridized carbons (Fsp3) is 0.588. The molecule has 0 aliphatic rings. The van der Waals surface area contributed by atoms with Crippen molar-refractivity contribution in [2.75, 3.05) is 25.0 Å². The summed E-state index contributed by atoms with van der Waals surface area (Å²) < 4.78 is 5.69. The van der Waals surface area contributed by atoms with Crippen molar-refractivity contribution in [3.05, 3.63) is 24.3 Å². The summed E-state index contributed by atoms with van der Waals surface area (Å²) in [6.07, 6.45) is 6.19. The van der Waals surface area contributed by atoms with Crippen LogP contribution in [-0.2, 0) is 4.79 Å². The van der Waals surface area contributed by atoms with Crippen LogP contribution >= 0.6 is 0 Å². The van der Waals surface area contributed by atoms with E-state index in [1.54, 1.807) is 0 Å². The molecule has 1 amide bonds. The molecule has 0 radical (unpaired) electrons. The van der Waals surface area contributed by atoms with Gasteiger partial charge in [-0.3, -0.25) is 4.79 Å². The van der Waals surface area contributed by atoms with Crippen LogP contribution in [0.25, 0.3) is 0 Å². The Balaban J connectivity index is 2.22. The molecule has 0 bridgehead atoms. The molecule has 21 heavy (non-hydrogen) atoms. The topological polar surface area (TPSA) is 50.4 Å². The number of hydrogen-bond acceptors (Lipinski definition) is 3. The molecule has 0 spiro atoms. The molecule has 4 heteroatoms. The zero-order valence-electron chi connectivity index (χ0n) is 13.3. The van der Waals surface area contributed by atoms with Crippen LogP contribution in [-0.4, -0.2) is 25.6 Å². The van der Waals surface area contributed by atoms with E-state index < -0.39 is 0 Å². The Bertz CT molecular complexity index is 390. The molecule has 0 saturated heterocycles. The molecule has 0 fully saturated rings. The first-order valence-corrected chi connectivity index (χ1v) is 7.99. The molecule has 0 aliphatic carbocycles. The van der Waals surface area contributed by atoms with Crippen molar-refractivity contribution in [2.24, 2.45) is 0 Å². The molecular weight excluding hydrogens is 264 g/mol. The van der Waals surface area contributed by atoms with E-state index in [-0.39, 0.29) is 5.91 Å². The quantitative estimate of drug-likeness (QED) is 0.613. The molecule has 0 unspecified atom stereocenters. The third kappa shape index (κ3) is 8.35. The minimum atomic E-state index is -0.0264. The highest BCUT2D eigenvalue weighted by Gasteiger charge is 2.01. The molecule has 0 heterocycles. The number of carbonyl (C=O) groups excluding carboxylic acids is 1. The summed E-state index contributed by atoms with van der Waals surface area (Å²) in [5.74, 6) is 0.830. The lowest BCUT2D eigenvalue weighted by molar-refractivity contribution is -0.115. The van der Waals surface area contributed by atoms with Gasteiger partial charge in [-0.2, -0.15) is 0 Å². The lowest BCUT2D eigenvalue weighted by Gasteiger charge is -2.08. The Morgan fingerprint density at radius 1 is 1.05 bits per heavy atom. The van der Waals surface area contributed by atoms with Gasteiger partial charge in [0.2, 0.25) is 5.91 Å². The highest BCUT2D eigenvalue weighted by molar-refractivity contribution is 5.92. The fourth-order valence-electron chi connectivity index (χ4n) is 1.97. The number of carbonyl (C=O) groups is 1. The smallest absolute Gasteiger partial charge is 0.238 e. The normalized spacial score (nSPS) is 10.4. The number of likely N-dealkylation sites (N-methyl/N-ethyl adjacent to an activating group) is 1. The van der Waals surface area contributed by atoms with Gasteiger partial charge < -0.3 is 15.4 Å². The van der Waals surface area contributed by atoms with Crippen LogP contribution in [0.3, 0.4) is 0 Å². The average molecular weight is 292 g/mol. The van der Waals surface area contributed by atoms with E-state index in [2.05, 4.69) is 17.6 Å². The first-order valence-electron chi connectivity index (χ1n) is 7.99. The molecule has 4 nitrogen and oxygen atoms in total. The summed E-state index contributed by atoms with van der Waals surface area (Å²) in [5, 5.41) is 5.83. The Hall–Kier alpha value is -1.55. The Morgan fingerprint density at radius 3 is 2.43 bits per heavy atom. The van der Waals surface area contributed by atoms with Crippen LogP contribution in [0.2, 0.25) is 0 Å². The number of unbranched alkanes of at least 4 members (excludes halogenated alkanes) is 4. The summed E-state index contributed by atoms with van der Waals surface area (Å²) >= 11 is 0. The van der Waals surface area contributed by atoms with Gasteiger partial charge in [0.1, 0.15) is 5.75 Å². The van der Waals surface area contributed by atoms with Gasteiger partial charge in [0.25, 0.3) is 0 Å². The van der Waals surface area contributed by atoms with Crippen LogP contribution < -0.4 is 15.4 Å². The summed E-state index contributed by atoms with van der Waals surface area (Å²) in [6, 6.07) is 7.54. The average Bonchev–Trinajstić information content (AvgIpc) is 2.50. The molecule has 0 atom stereocenters. The van der Waals surface area contributed by atoms with E-state index in [9.17, 15) is 4.79 Å². The number of benzene rings is 1. The minimum Gasteiger partial charge on any atom is -0.494 e. The number of nitrogens with one attached hydrogen (secondary N) is 2. The van der Waals surface area contributed by atoms with E-state index in [0.717, 1.165) is 31.0 Å². The molecule has 2 N–H and O–H groups in total. The van der Waals surface area contributed by atoms with Crippen molar-refractivity contribution in [1.29, 1.82) is 0 Å². The molecule has 0 aromatic heterocycles. The van der Waals surface area contributed by atoms with Crippen molar-refractivity contribution in [3.63, 3.8) is 0 Å². The maximum absolute atomic E-state index is 11.5. The van der Waals surface area contributed by atoms with Crippen LogP contribution in [0, 0.1) is 0 Å². The molecular formula is C17H28N2O2. The van der Waals surface area contributed by atoms with Gasteiger partial charge in [-0.1, -0.05) is 39.5 Å². The monoisotopic (exact) mass is 292 g/mol. The Morgan fingerprint density at radius 2 is 1.76 bits per heavy atom. The third-order valence-corrected chi connectivity index (χ3v) is 3.19. The lowest BCUT2D eigenvalue weighted by atomic mass is 10.2. The van der Waals surface area contributed by atoms with E-state index >= 15 is 0 Å². The van der Waals surface area contributed by atoms with Crippen LogP contribution in [0.5, 0.6) is 5.75 Å². The number of rotatable bonds is 11. The third-order valence-electron chi connectivity index (χ3n) is 3.19. The van der Waals surface area contributed by atoms with Crippen LogP contribution in [0.1, 0.15) is 46.0 Å². The van der Waals surface area contributed by atoms with E-state index in [4.69, 9.17) is 4.74 Å². The highest BCUT2D eigenvalue weighted by atomic mass is 16.5. The molecule has 1 aromatic rings. The minimum absolute atomic E-state index is 0.0264. The second-order valence-electron chi connectivity index (χ2n) is 5.12. The second kappa shape index (κ2) is 11.1. The standard InChI is InChI=1S/C17H28N2O2/c1-3-5-6-7-8-13-21-16-11-9-15(10-12-16)19-17(20)14-18-4-2/h9-12,18H,3-8,13-14H2,1-2H3,(H,19,20). The zero-order valence-corrected chi connectivity index (χ0v) is 13.3. The predicted octanol–water partition coefficient (Wildman–Crippen LogP) is 3.58. The summed E-state index contributed by atoms with van der Waals surface area (Å²) in [4.78, 5) is 11.5. The van der Waals surface area contributed by atoms with E-state index in [1.807, 2.05) is 31.2 Å². The van der Waals surface area contributed by atoms with Crippen molar-refractivity contribution in [3.8, 4) is 5.75 Å². The van der Waals surface area contributed by atoms with Crippen molar-refractivity contribution < 1.29 is 9.53 Å². The molecule has 1 aromatic carbocycles. The number of ether oxygens (including phenoxy) is 1. The van der Waals surface area contributed by atoms with Crippen molar-refractivity contribution in [1.82, 2.24) is 5.32 Å². The van der Waals surface area contributed by atoms with Crippen LogP contribution in [0.15, 0.2) is 24.3 Å². The molecule has 118 valence electrons. The Labute approximate surface area is 128 Å². The van der Waals surface area contributed by atoms with Gasteiger partial charge in [0.05, 0.1) is 13.2 Å². The van der Waals surface area contributed by atoms with Crippen LogP contribution in [0.4, 0.5) is 5.69 Å². The Kier molecular flexibility index (Phi) is 9.29. The first-order chi connectivity index (χ1) is 10.3. The highest BCUT2D eigenvalue weighted by Crippen LogP contribution is 2.16. The van der Waals surface area contributed by atoms with Crippen molar-refractivity contribution >= 4 is 11.6 Å². The van der Waals surface area contributed by atoms with Crippen molar-refractivity contribution in [2.45, 2.75) is 46.0 Å². The maximum atomic E-state index is 11.5. The van der Waals surface area contributed by atoms with E-state index in [1.165, 1.54) is 25.7 Å². The van der Waals surface area contributed by atoms with Gasteiger partial charge in [0.15, 0.2) is 0 Å². The first kappa shape index (κ1) is 17.5. The molecule has 0 aliphatic heterocycles. The fourth-order valence-corrected chi connectivity index (χ4v) is 1.97. The number of anilines is 1. The van der Waals surface area contributed by atoms with Gasteiger partial charge >= 0.3 is 0 Å². The lowest BCUT2D eigenvalue weighted by Crippen LogP contribution is -2.27. The largest absolute Gasteiger partial charge is 0.494 e. The summed E-state index contributed by atoms with van der Waals surface area (Å²) in [5.41, 5.74) is 0.799. The van der Waals surface area contributed by atoms with Gasteiger partial charge in [0, 0.05) is 5.69 Å². The zero-order chi connectivity index (χ0) is 15.3. The van der Waals surface area contributed by atoms with Gasteiger partial charge in [-0.25, -0.2) is 0 Å². The molecule has 0 saturated carbocycles. The summed E-state index contributed by atoms with van der Waals surface area (Å²) in [6.45, 7) is 6.08. The number of hydrogen-bond donors (Lipinski definition) is 2. The second-order valence-corrected chi connectivity index (χ2v) is 5.12. The predicted molar refractivity (Wildman–Crippen MR) is 87.9 cm³/mol.